The number of benzene rings is 3. The van der Waals surface area contributed by atoms with Gasteiger partial charge in [-0.3, -0.25) is 9.11 Å². The van der Waals surface area contributed by atoms with E-state index in [2.05, 4.69) is 0 Å². The summed E-state index contributed by atoms with van der Waals surface area (Å²) in [6.45, 7) is 0. The van der Waals surface area contributed by atoms with E-state index in [0.29, 0.717) is 0 Å². The van der Waals surface area contributed by atoms with Crippen LogP contribution in [0.2, 0.25) is 0 Å². The first-order chi connectivity index (χ1) is 13.0. The van der Waals surface area contributed by atoms with Crippen molar-refractivity contribution in [3.05, 3.63) is 84.9 Å². The second-order valence-corrected chi connectivity index (χ2v) is 7.91. The van der Waals surface area contributed by atoms with E-state index in [1.54, 1.807) is 48.5 Å². The number of phenolic OH excluding ortho intramolecular Hbond substituents is 2. The fourth-order valence-electron chi connectivity index (χ4n) is 1.65. The topological polar surface area (TPSA) is 149 Å². The van der Waals surface area contributed by atoms with E-state index < -0.39 is 20.2 Å². The van der Waals surface area contributed by atoms with E-state index >= 15 is 0 Å². The van der Waals surface area contributed by atoms with Crippen LogP contribution in [-0.2, 0) is 20.2 Å². The molecule has 3 rings (SSSR count). The van der Waals surface area contributed by atoms with Crippen LogP contribution in [0.25, 0.3) is 0 Å². The Labute approximate surface area is 162 Å². The fraction of sp³-hybridized carbons (Fsp3) is 0. The van der Waals surface area contributed by atoms with Gasteiger partial charge in [0.25, 0.3) is 20.2 Å². The van der Waals surface area contributed by atoms with Crippen LogP contribution in [0.15, 0.2) is 94.7 Å². The first kappa shape index (κ1) is 23.1. The van der Waals surface area contributed by atoms with Crippen molar-refractivity contribution in [2.75, 3.05) is 0 Å². The molecule has 0 spiro atoms. The lowest BCUT2D eigenvalue weighted by Gasteiger charge is -1.92. The molecule has 28 heavy (non-hydrogen) atoms. The monoisotopic (exact) mass is 426 g/mol. The molecule has 0 aliphatic heterocycles. The van der Waals surface area contributed by atoms with Crippen LogP contribution < -0.4 is 0 Å². The molecule has 0 amide bonds. The van der Waals surface area contributed by atoms with Crippen molar-refractivity contribution in [2.45, 2.75) is 9.79 Å². The number of para-hydroxylation sites is 2. The minimum Gasteiger partial charge on any atom is -0.504 e. The molecular formula is C18H18O8S2. The molecule has 0 atom stereocenters. The van der Waals surface area contributed by atoms with Gasteiger partial charge in [-0.1, -0.05) is 48.5 Å². The van der Waals surface area contributed by atoms with Crippen LogP contribution in [0.3, 0.4) is 0 Å². The number of hydrogen-bond acceptors (Lipinski definition) is 6. The highest BCUT2D eigenvalue weighted by Crippen LogP contribution is 2.21. The van der Waals surface area contributed by atoms with Gasteiger partial charge < -0.3 is 10.2 Å². The van der Waals surface area contributed by atoms with Crippen molar-refractivity contribution in [1.82, 2.24) is 0 Å². The number of aromatic hydroxyl groups is 2. The van der Waals surface area contributed by atoms with E-state index in [4.69, 9.17) is 19.3 Å². The first-order valence-corrected chi connectivity index (χ1v) is 10.4. The van der Waals surface area contributed by atoms with Gasteiger partial charge >= 0.3 is 0 Å². The summed E-state index contributed by atoms with van der Waals surface area (Å²) in [6, 6.07) is 21.0. The second kappa shape index (κ2) is 10.4. The summed E-state index contributed by atoms with van der Waals surface area (Å²) in [5, 5.41) is 17.3. The van der Waals surface area contributed by atoms with Crippen molar-refractivity contribution >= 4 is 20.2 Å². The fourth-order valence-corrected chi connectivity index (χ4v) is 2.65. The largest absolute Gasteiger partial charge is 0.504 e. The van der Waals surface area contributed by atoms with Gasteiger partial charge in [0.2, 0.25) is 0 Å². The lowest BCUT2D eigenvalue weighted by Crippen LogP contribution is -1.96. The Morgan fingerprint density at radius 3 is 0.893 bits per heavy atom. The molecule has 0 saturated carbocycles. The highest BCUT2D eigenvalue weighted by molar-refractivity contribution is 7.86. The SMILES string of the molecule is O=S(=O)(O)c1ccccc1.O=S(=O)(O)c1ccccc1.Oc1ccccc1O. The van der Waals surface area contributed by atoms with Crippen LogP contribution in [0, 0.1) is 0 Å². The maximum atomic E-state index is 10.4. The summed E-state index contributed by atoms with van der Waals surface area (Å²) in [5.74, 6) is -0.153. The Morgan fingerprint density at radius 1 is 0.464 bits per heavy atom. The number of hydrogen-bond donors (Lipinski definition) is 4. The lowest BCUT2D eigenvalue weighted by molar-refractivity contribution is 0.404. The highest BCUT2D eigenvalue weighted by atomic mass is 32.2. The van der Waals surface area contributed by atoms with Crippen LogP contribution in [-0.4, -0.2) is 36.2 Å². The Hall–Kier alpha value is -2.92. The van der Waals surface area contributed by atoms with Crippen LogP contribution in [0.5, 0.6) is 11.5 Å². The van der Waals surface area contributed by atoms with Gasteiger partial charge in [-0.15, -0.1) is 0 Å². The van der Waals surface area contributed by atoms with E-state index in [-0.39, 0.29) is 21.3 Å². The van der Waals surface area contributed by atoms with Crippen LogP contribution in [0.4, 0.5) is 0 Å². The van der Waals surface area contributed by atoms with Crippen molar-refractivity contribution in [3.8, 4) is 11.5 Å². The molecule has 0 saturated heterocycles. The van der Waals surface area contributed by atoms with Crippen molar-refractivity contribution < 1.29 is 36.2 Å². The van der Waals surface area contributed by atoms with E-state index in [1.165, 1.54) is 36.4 Å². The lowest BCUT2D eigenvalue weighted by atomic mass is 10.3. The molecule has 0 aliphatic carbocycles. The summed E-state index contributed by atoms with van der Waals surface area (Å²) in [5.41, 5.74) is 0. The molecule has 0 unspecified atom stereocenters. The molecule has 0 aliphatic rings. The molecule has 3 aromatic rings. The van der Waals surface area contributed by atoms with E-state index in [0.717, 1.165) is 0 Å². The third kappa shape index (κ3) is 8.64. The predicted octanol–water partition coefficient (Wildman–Crippen LogP) is 2.96. The zero-order valence-electron chi connectivity index (χ0n) is 14.3. The molecule has 0 aromatic heterocycles. The minimum atomic E-state index is -4.00. The number of rotatable bonds is 2. The van der Waals surface area contributed by atoms with Gasteiger partial charge in [-0.05, 0) is 36.4 Å². The zero-order chi connectivity index (χ0) is 21.2. The van der Waals surface area contributed by atoms with Gasteiger partial charge in [-0.25, -0.2) is 0 Å². The molecule has 4 N–H and O–H groups in total. The Morgan fingerprint density at radius 2 is 0.714 bits per heavy atom. The van der Waals surface area contributed by atoms with E-state index in [1.807, 2.05) is 0 Å². The standard InChI is InChI=1S/2C6H6O3S.C6H6O2/c2*7-10(8,9)6-4-2-1-3-5-6;7-5-3-1-2-4-6(5)8/h2*1-5H,(H,7,8,9);1-4,7-8H. The van der Waals surface area contributed by atoms with Crippen LogP contribution >= 0.6 is 0 Å². The van der Waals surface area contributed by atoms with Gasteiger partial charge in [-0.2, -0.15) is 16.8 Å². The maximum Gasteiger partial charge on any atom is 0.294 e. The van der Waals surface area contributed by atoms with Crippen molar-refractivity contribution in [3.63, 3.8) is 0 Å². The normalized spacial score (nSPS) is 10.6. The molecule has 10 heteroatoms. The van der Waals surface area contributed by atoms with Crippen molar-refractivity contribution in [2.24, 2.45) is 0 Å². The second-order valence-electron chi connectivity index (χ2n) is 5.06. The average Bonchev–Trinajstić information content (AvgIpc) is 2.65. The molecule has 0 heterocycles. The van der Waals surface area contributed by atoms with Gasteiger partial charge in [0, 0.05) is 0 Å². The summed E-state index contributed by atoms with van der Waals surface area (Å²) in [4.78, 5) is -0.148. The summed E-state index contributed by atoms with van der Waals surface area (Å²) >= 11 is 0. The Kier molecular flexibility index (Phi) is 8.61. The third-order valence-electron chi connectivity index (χ3n) is 2.96. The summed E-state index contributed by atoms with van der Waals surface area (Å²) in [7, 11) is -8.01. The van der Waals surface area contributed by atoms with Crippen molar-refractivity contribution in [1.29, 1.82) is 0 Å². The van der Waals surface area contributed by atoms with Gasteiger partial charge in [0.15, 0.2) is 11.5 Å². The zero-order valence-corrected chi connectivity index (χ0v) is 16.0. The first-order valence-electron chi connectivity index (χ1n) is 7.54. The quantitative estimate of drug-likeness (QED) is 0.361. The van der Waals surface area contributed by atoms with Crippen LogP contribution in [0.1, 0.15) is 0 Å². The minimum absolute atomic E-state index is 0.0741. The summed E-state index contributed by atoms with van der Waals surface area (Å²) < 4.78 is 58.5. The predicted molar refractivity (Wildman–Crippen MR) is 102 cm³/mol. The van der Waals surface area contributed by atoms with Gasteiger partial charge in [0.05, 0.1) is 9.79 Å². The maximum absolute atomic E-state index is 10.4. The Balaban J connectivity index is 0.000000212. The average molecular weight is 426 g/mol. The molecule has 150 valence electrons. The molecule has 0 radical (unpaired) electrons. The Bertz CT molecular complexity index is 976. The molecule has 0 fully saturated rings. The summed E-state index contributed by atoms with van der Waals surface area (Å²) in [6.07, 6.45) is 0. The smallest absolute Gasteiger partial charge is 0.294 e. The third-order valence-corrected chi connectivity index (χ3v) is 4.70. The van der Waals surface area contributed by atoms with Gasteiger partial charge in [0.1, 0.15) is 0 Å². The number of phenols is 2. The molecule has 0 bridgehead atoms. The highest BCUT2D eigenvalue weighted by Gasteiger charge is 2.06. The molecule has 8 nitrogen and oxygen atoms in total. The van der Waals surface area contributed by atoms with E-state index in [9.17, 15) is 16.8 Å². The molecular weight excluding hydrogens is 408 g/mol. The molecule has 3 aromatic carbocycles.